The molecule has 1 heterocycles. The predicted octanol–water partition coefficient (Wildman–Crippen LogP) is 0.668. The average molecular weight is 284 g/mol. The number of carbonyl (C=O) groups excluding carboxylic acids is 1. The summed E-state index contributed by atoms with van der Waals surface area (Å²) >= 11 is 0. The zero-order valence-corrected chi connectivity index (χ0v) is 10.4. The molecule has 1 amide bonds. The van der Waals surface area contributed by atoms with Crippen molar-refractivity contribution in [3.05, 3.63) is 23.8 Å². The number of amides is 1. The number of anilines is 1. The summed E-state index contributed by atoms with van der Waals surface area (Å²) in [5.74, 6) is -0.888. The van der Waals surface area contributed by atoms with Crippen LogP contribution in [-0.4, -0.2) is 31.2 Å². The third-order valence-corrected chi connectivity index (χ3v) is 4.00. The Morgan fingerprint density at radius 1 is 1.47 bits per heavy atom. The molecule has 1 N–H and O–H groups in total. The molecule has 6 nitrogen and oxygen atoms in total. The van der Waals surface area contributed by atoms with Gasteiger partial charge in [-0.2, -0.15) is 13.7 Å². The Morgan fingerprint density at radius 3 is 2.68 bits per heavy atom. The van der Waals surface area contributed by atoms with Crippen LogP contribution in [0.25, 0.3) is 0 Å². The fourth-order valence-electron chi connectivity index (χ4n) is 1.91. The molecular formula is C11H9FN2O4S. The zero-order valence-electron chi connectivity index (χ0n) is 9.58. The number of aromatic hydroxyl groups is 1. The van der Waals surface area contributed by atoms with E-state index in [1.807, 2.05) is 6.07 Å². The Balaban J connectivity index is 2.39. The Morgan fingerprint density at radius 2 is 2.16 bits per heavy atom. The minimum absolute atomic E-state index is 0.00944. The molecule has 1 unspecified atom stereocenters. The molecule has 1 atom stereocenters. The molecule has 1 aliphatic rings. The largest absolute Gasteiger partial charge is 0.506 e. The molecule has 19 heavy (non-hydrogen) atoms. The van der Waals surface area contributed by atoms with Gasteiger partial charge < -0.3 is 10.0 Å². The van der Waals surface area contributed by atoms with Gasteiger partial charge in [-0.15, -0.1) is 3.89 Å². The lowest BCUT2D eigenvalue weighted by molar-refractivity contribution is -0.117. The Bertz CT molecular complexity index is 680. The van der Waals surface area contributed by atoms with Crippen molar-refractivity contribution in [1.29, 1.82) is 5.26 Å². The van der Waals surface area contributed by atoms with Gasteiger partial charge in [-0.25, -0.2) is 0 Å². The van der Waals surface area contributed by atoms with E-state index in [4.69, 9.17) is 5.26 Å². The van der Waals surface area contributed by atoms with E-state index in [0.717, 1.165) is 4.90 Å². The first kappa shape index (κ1) is 13.3. The normalized spacial score (nSPS) is 19.5. The second-order valence-corrected chi connectivity index (χ2v) is 5.74. The van der Waals surface area contributed by atoms with Crippen molar-refractivity contribution in [3.63, 3.8) is 0 Å². The van der Waals surface area contributed by atoms with E-state index in [-0.39, 0.29) is 23.5 Å². The molecule has 0 radical (unpaired) electrons. The number of hydrogen-bond acceptors (Lipinski definition) is 5. The lowest BCUT2D eigenvalue weighted by atomic mass is 10.2. The summed E-state index contributed by atoms with van der Waals surface area (Å²) in [7, 11) is -4.81. The maximum Gasteiger partial charge on any atom is 0.307 e. The molecule has 1 fully saturated rings. The fourth-order valence-corrected chi connectivity index (χ4v) is 2.57. The van der Waals surface area contributed by atoms with Gasteiger partial charge in [-0.05, 0) is 18.2 Å². The van der Waals surface area contributed by atoms with Crippen LogP contribution in [0.2, 0.25) is 0 Å². The first-order chi connectivity index (χ1) is 8.82. The van der Waals surface area contributed by atoms with Gasteiger partial charge in [0.05, 0.1) is 17.3 Å². The highest BCUT2D eigenvalue weighted by Gasteiger charge is 2.39. The second-order valence-electron chi connectivity index (χ2n) is 4.12. The Labute approximate surface area is 108 Å². The second kappa shape index (κ2) is 4.51. The van der Waals surface area contributed by atoms with Gasteiger partial charge in [-0.1, -0.05) is 0 Å². The first-order valence-corrected chi connectivity index (χ1v) is 6.74. The van der Waals surface area contributed by atoms with Crippen molar-refractivity contribution in [3.8, 4) is 11.8 Å². The number of halogens is 1. The summed E-state index contributed by atoms with van der Waals surface area (Å²) in [6, 6.07) is 5.65. The molecule has 0 aliphatic carbocycles. The minimum Gasteiger partial charge on any atom is -0.506 e. The SMILES string of the molecule is N#Cc1ccc(O)c(N2CC(S(=O)(=O)F)CC2=O)c1. The van der Waals surface area contributed by atoms with E-state index < -0.39 is 27.8 Å². The molecule has 0 saturated carbocycles. The summed E-state index contributed by atoms with van der Waals surface area (Å²) in [6.45, 7) is -0.375. The number of rotatable bonds is 2. The van der Waals surface area contributed by atoms with E-state index in [2.05, 4.69) is 0 Å². The highest BCUT2D eigenvalue weighted by molar-refractivity contribution is 7.87. The van der Waals surface area contributed by atoms with Crippen molar-refractivity contribution >= 4 is 21.8 Å². The number of benzene rings is 1. The maximum atomic E-state index is 12.9. The molecule has 1 aromatic rings. The quantitative estimate of drug-likeness (QED) is 0.805. The Hall–Kier alpha value is -2.14. The van der Waals surface area contributed by atoms with E-state index >= 15 is 0 Å². The van der Waals surface area contributed by atoms with Crippen LogP contribution in [0.1, 0.15) is 12.0 Å². The number of carbonyl (C=O) groups is 1. The lowest BCUT2D eigenvalue weighted by Crippen LogP contribution is -2.27. The molecule has 0 spiro atoms. The van der Waals surface area contributed by atoms with Crippen molar-refractivity contribution in [2.45, 2.75) is 11.7 Å². The van der Waals surface area contributed by atoms with Gasteiger partial charge in [0.15, 0.2) is 0 Å². The van der Waals surface area contributed by atoms with Crippen LogP contribution in [0, 0.1) is 11.3 Å². The highest BCUT2D eigenvalue weighted by Crippen LogP contribution is 2.33. The topological polar surface area (TPSA) is 98.5 Å². The number of nitrogens with zero attached hydrogens (tertiary/aromatic N) is 2. The third-order valence-electron chi connectivity index (χ3n) is 2.88. The first-order valence-electron chi connectivity index (χ1n) is 5.30. The van der Waals surface area contributed by atoms with E-state index in [1.54, 1.807) is 0 Å². The minimum atomic E-state index is -4.81. The van der Waals surface area contributed by atoms with Gasteiger partial charge in [0.25, 0.3) is 0 Å². The fraction of sp³-hybridized carbons (Fsp3) is 0.273. The van der Waals surface area contributed by atoms with Crippen LogP contribution in [0.3, 0.4) is 0 Å². The van der Waals surface area contributed by atoms with Crippen LogP contribution in [0.5, 0.6) is 5.75 Å². The van der Waals surface area contributed by atoms with Gasteiger partial charge in [0.2, 0.25) is 5.91 Å². The standard InChI is InChI=1S/C11H9FN2O4S/c12-19(17,18)8-4-11(16)14(6-8)9-3-7(5-13)1-2-10(9)15/h1-3,8,15H,4,6H2. The molecule has 0 bridgehead atoms. The van der Waals surface area contributed by atoms with E-state index in [0.29, 0.717) is 0 Å². The summed E-state index contributed by atoms with van der Waals surface area (Å²) < 4.78 is 34.5. The summed E-state index contributed by atoms with van der Waals surface area (Å²) in [5.41, 5.74) is 0.211. The maximum absolute atomic E-state index is 12.9. The van der Waals surface area contributed by atoms with Crippen molar-refractivity contribution in [1.82, 2.24) is 0 Å². The van der Waals surface area contributed by atoms with Gasteiger partial charge in [-0.3, -0.25) is 4.79 Å². The van der Waals surface area contributed by atoms with Gasteiger partial charge in [0.1, 0.15) is 11.0 Å². The molecule has 0 aromatic heterocycles. The van der Waals surface area contributed by atoms with E-state index in [1.165, 1.54) is 18.2 Å². The number of phenolic OH excluding ortho intramolecular Hbond substituents is 1. The van der Waals surface area contributed by atoms with Crippen molar-refractivity contribution in [2.75, 3.05) is 11.4 Å². The van der Waals surface area contributed by atoms with Crippen molar-refractivity contribution < 1.29 is 22.2 Å². The van der Waals surface area contributed by atoms with Crippen molar-refractivity contribution in [2.24, 2.45) is 0 Å². The molecular weight excluding hydrogens is 275 g/mol. The molecule has 8 heteroatoms. The van der Waals surface area contributed by atoms with Crippen LogP contribution in [0.15, 0.2) is 18.2 Å². The van der Waals surface area contributed by atoms with Crippen LogP contribution < -0.4 is 4.90 Å². The Kier molecular flexibility index (Phi) is 3.16. The summed E-state index contributed by atoms with van der Waals surface area (Å²) in [5, 5.41) is 17.0. The molecule has 100 valence electrons. The lowest BCUT2D eigenvalue weighted by Gasteiger charge is -2.17. The molecule has 1 aromatic carbocycles. The van der Waals surface area contributed by atoms with Crippen LogP contribution in [0.4, 0.5) is 9.57 Å². The van der Waals surface area contributed by atoms with E-state index in [9.17, 15) is 22.2 Å². The molecule has 2 rings (SSSR count). The molecule has 1 saturated heterocycles. The number of hydrogen-bond donors (Lipinski definition) is 1. The summed E-state index contributed by atoms with van der Waals surface area (Å²) in [4.78, 5) is 12.7. The monoisotopic (exact) mass is 284 g/mol. The number of nitriles is 1. The molecule has 1 aliphatic heterocycles. The number of phenols is 1. The summed E-state index contributed by atoms with van der Waals surface area (Å²) in [6.07, 6.45) is -0.477. The average Bonchev–Trinajstić information content (AvgIpc) is 2.72. The zero-order chi connectivity index (χ0) is 14.2. The van der Waals surface area contributed by atoms with Gasteiger partial charge >= 0.3 is 10.2 Å². The van der Waals surface area contributed by atoms with Gasteiger partial charge in [0, 0.05) is 13.0 Å². The third kappa shape index (κ3) is 2.51. The van der Waals surface area contributed by atoms with Crippen LogP contribution >= 0.6 is 0 Å². The predicted molar refractivity (Wildman–Crippen MR) is 63.6 cm³/mol. The smallest absolute Gasteiger partial charge is 0.307 e. The highest BCUT2D eigenvalue weighted by atomic mass is 32.3. The van der Waals surface area contributed by atoms with Crippen LogP contribution in [-0.2, 0) is 15.0 Å².